The molecule has 0 bridgehead atoms. The summed E-state index contributed by atoms with van der Waals surface area (Å²) in [5.41, 5.74) is 1.71. The molecule has 0 aliphatic carbocycles. The Balaban J connectivity index is 1.88. The third-order valence-electron chi connectivity index (χ3n) is 4.17. The molecule has 0 atom stereocenters. The Labute approximate surface area is 161 Å². The van der Waals surface area contributed by atoms with E-state index in [-0.39, 0.29) is 6.03 Å². The van der Waals surface area contributed by atoms with Gasteiger partial charge in [-0.1, -0.05) is 11.6 Å². The van der Waals surface area contributed by atoms with Gasteiger partial charge in [0.25, 0.3) is 0 Å². The number of aryl methyl sites for hydroxylation is 1. The van der Waals surface area contributed by atoms with E-state index in [1.165, 1.54) is 20.4 Å². The number of hydrogen-bond acceptors (Lipinski definition) is 6. The molecular formula is C18H18ClN5O3. The number of ether oxygens (including phenoxy) is 2. The molecule has 2 amide bonds. The Bertz CT molecular complexity index is 878. The number of halogens is 1. The SMILES string of the molecule is COC(OC)c1nc2c(cc1Cl)CCCN2C(=O)Nc1ccc(C#N)cn1. The van der Waals surface area contributed by atoms with Crippen LogP contribution < -0.4 is 10.2 Å². The molecule has 3 heterocycles. The smallest absolute Gasteiger partial charge is 0.328 e. The van der Waals surface area contributed by atoms with Gasteiger partial charge >= 0.3 is 6.03 Å². The normalized spacial score (nSPS) is 13.2. The van der Waals surface area contributed by atoms with Crippen molar-refractivity contribution in [2.24, 2.45) is 0 Å². The highest BCUT2D eigenvalue weighted by Crippen LogP contribution is 2.33. The highest BCUT2D eigenvalue weighted by molar-refractivity contribution is 6.31. The van der Waals surface area contributed by atoms with Crippen molar-refractivity contribution < 1.29 is 14.3 Å². The number of aromatic nitrogens is 2. The molecule has 1 aliphatic rings. The highest BCUT2D eigenvalue weighted by Gasteiger charge is 2.27. The number of rotatable bonds is 4. The number of nitrogens with zero attached hydrogens (tertiary/aromatic N) is 4. The summed E-state index contributed by atoms with van der Waals surface area (Å²) in [5, 5.41) is 12.0. The van der Waals surface area contributed by atoms with Crippen LogP contribution in [0.5, 0.6) is 0 Å². The topological polar surface area (TPSA) is 100 Å². The Kier molecular flexibility index (Phi) is 5.86. The molecule has 140 valence electrons. The summed E-state index contributed by atoms with van der Waals surface area (Å²) in [5.74, 6) is 0.873. The summed E-state index contributed by atoms with van der Waals surface area (Å²) < 4.78 is 10.5. The molecule has 3 rings (SSSR count). The number of methoxy groups -OCH3 is 2. The Morgan fingerprint density at radius 3 is 2.81 bits per heavy atom. The lowest BCUT2D eigenvalue weighted by atomic mass is 10.1. The number of nitrogens with one attached hydrogen (secondary N) is 1. The number of fused-ring (bicyclic) bond motifs is 1. The minimum Gasteiger partial charge on any atom is -0.350 e. The molecule has 0 spiro atoms. The van der Waals surface area contributed by atoms with Gasteiger partial charge in [0.2, 0.25) is 6.29 Å². The zero-order valence-electron chi connectivity index (χ0n) is 14.9. The molecule has 0 fully saturated rings. The molecular weight excluding hydrogens is 370 g/mol. The van der Waals surface area contributed by atoms with Crippen molar-refractivity contribution in [2.45, 2.75) is 19.1 Å². The van der Waals surface area contributed by atoms with Crippen LogP contribution in [0.25, 0.3) is 0 Å². The fourth-order valence-electron chi connectivity index (χ4n) is 2.88. The monoisotopic (exact) mass is 387 g/mol. The maximum atomic E-state index is 12.8. The lowest BCUT2D eigenvalue weighted by Gasteiger charge is -2.29. The zero-order valence-corrected chi connectivity index (χ0v) is 15.7. The molecule has 0 aromatic carbocycles. The minimum atomic E-state index is -0.727. The van der Waals surface area contributed by atoms with Crippen LogP contribution in [0.4, 0.5) is 16.4 Å². The first-order chi connectivity index (χ1) is 13.1. The van der Waals surface area contributed by atoms with Gasteiger partial charge in [0.05, 0.1) is 10.6 Å². The van der Waals surface area contributed by atoms with Gasteiger partial charge in [-0.25, -0.2) is 14.8 Å². The fraction of sp³-hybridized carbons (Fsp3) is 0.333. The Morgan fingerprint density at radius 2 is 2.19 bits per heavy atom. The van der Waals surface area contributed by atoms with E-state index < -0.39 is 6.29 Å². The first-order valence-electron chi connectivity index (χ1n) is 8.27. The lowest BCUT2D eigenvalue weighted by molar-refractivity contribution is -0.108. The van der Waals surface area contributed by atoms with Gasteiger partial charge in [0.1, 0.15) is 23.4 Å². The van der Waals surface area contributed by atoms with Crippen LogP contribution >= 0.6 is 11.6 Å². The third kappa shape index (κ3) is 4.01. The van der Waals surface area contributed by atoms with Crippen molar-refractivity contribution in [2.75, 3.05) is 31.0 Å². The van der Waals surface area contributed by atoms with Crippen molar-refractivity contribution in [3.8, 4) is 6.07 Å². The van der Waals surface area contributed by atoms with E-state index in [9.17, 15) is 4.79 Å². The summed E-state index contributed by atoms with van der Waals surface area (Å²) in [6, 6.07) is 6.58. The fourth-order valence-corrected chi connectivity index (χ4v) is 3.14. The molecule has 1 N–H and O–H groups in total. The summed E-state index contributed by atoms with van der Waals surface area (Å²) in [6.07, 6.45) is 2.23. The van der Waals surface area contributed by atoms with Gasteiger partial charge in [-0.05, 0) is 36.6 Å². The Hall–Kier alpha value is -2.73. The lowest BCUT2D eigenvalue weighted by Crippen LogP contribution is -2.39. The first-order valence-corrected chi connectivity index (χ1v) is 8.64. The second-order valence-electron chi connectivity index (χ2n) is 5.87. The Morgan fingerprint density at radius 1 is 1.41 bits per heavy atom. The van der Waals surface area contributed by atoms with Crippen LogP contribution in [-0.2, 0) is 15.9 Å². The van der Waals surface area contributed by atoms with E-state index in [1.54, 1.807) is 23.1 Å². The maximum absolute atomic E-state index is 12.8. The van der Waals surface area contributed by atoms with Crippen molar-refractivity contribution in [3.63, 3.8) is 0 Å². The van der Waals surface area contributed by atoms with Gasteiger partial charge in [-0.3, -0.25) is 10.2 Å². The van der Waals surface area contributed by atoms with Crippen LogP contribution in [0, 0.1) is 11.3 Å². The van der Waals surface area contributed by atoms with Crippen molar-refractivity contribution >= 4 is 29.3 Å². The summed E-state index contributed by atoms with van der Waals surface area (Å²) in [6.45, 7) is 0.508. The number of nitriles is 1. The van der Waals surface area contributed by atoms with Gasteiger partial charge in [0.15, 0.2) is 0 Å². The number of pyridine rings is 2. The molecule has 9 heteroatoms. The van der Waals surface area contributed by atoms with E-state index >= 15 is 0 Å². The average Bonchev–Trinajstić information content (AvgIpc) is 2.69. The first kappa shape index (κ1) is 19.0. The molecule has 8 nitrogen and oxygen atoms in total. The quantitative estimate of drug-likeness (QED) is 0.808. The predicted octanol–water partition coefficient (Wildman–Crippen LogP) is 3.28. The largest absolute Gasteiger partial charge is 0.350 e. The summed E-state index contributed by atoms with van der Waals surface area (Å²) in [4.78, 5) is 22.9. The zero-order chi connectivity index (χ0) is 19.4. The number of carbonyl (C=O) groups is 1. The van der Waals surface area contributed by atoms with E-state index in [0.29, 0.717) is 34.5 Å². The van der Waals surface area contributed by atoms with Crippen LogP contribution in [0.3, 0.4) is 0 Å². The molecule has 2 aromatic heterocycles. The van der Waals surface area contributed by atoms with Gasteiger partial charge < -0.3 is 9.47 Å². The molecule has 0 radical (unpaired) electrons. The average molecular weight is 388 g/mol. The molecule has 2 aromatic rings. The molecule has 0 saturated carbocycles. The molecule has 0 saturated heterocycles. The third-order valence-corrected chi connectivity index (χ3v) is 4.47. The highest BCUT2D eigenvalue weighted by atomic mass is 35.5. The molecule has 1 aliphatic heterocycles. The minimum absolute atomic E-state index is 0.354. The maximum Gasteiger partial charge on any atom is 0.328 e. The molecule has 0 unspecified atom stereocenters. The number of hydrogen-bond donors (Lipinski definition) is 1. The predicted molar refractivity (Wildman–Crippen MR) is 99.6 cm³/mol. The number of amides is 2. The van der Waals surface area contributed by atoms with Gasteiger partial charge in [-0.15, -0.1) is 0 Å². The van der Waals surface area contributed by atoms with E-state index in [2.05, 4.69) is 15.3 Å². The standard InChI is InChI=1S/C18H18ClN5O3/c1-26-17(27-2)15-13(19)8-12-4-3-7-24(16(12)23-15)18(25)22-14-6-5-11(9-20)10-21-14/h5-6,8,10,17H,3-4,7H2,1-2H3,(H,21,22,25). The van der Waals surface area contributed by atoms with Gasteiger partial charge in [0, 0.05) is 27.0 Å². The van der Waals surface area contributed by atoms with Crippen LogP contribution in [0.2, 0.25) is 5.02 Å². The van der Waals surface area contributed by atoms with E-state index in [1.807, 2.05) is 6.07 Å². The number of urea groups is 1. The van der Waals surface area contributed by atoms with Gasteiger partial charge in [-0.2, -0.15) is 5.26 Å². The number of anilines is 2. The van der Waals surface area contributed by atoms with Crippen molar-refractivity contribution in [1.82, 2.24) is 9.97 Å². The molecule has 27 heavy (non-hydrogen) atoms. The van der Waals surface area contributed by atoms with Crippen LogP contribution in [-0.4, -0.2) is 36.8 Å². The second kappa shape index (κ2) is 8.31. The van der Waals surface area contributed by atoms with Crippen LogP contribution in [0.1, 0.15) is 29.5 Å². The summed E-state index contributed by atoms with van der Waals surface area (Å²) in [7, 11) is 2.99. The van der Waals surface area contributed by atoms with Crippen molar-refractivity contribution in [3.05, 3.63) is 46.2 Å². The summed E-state index contributed by atoms with van der Waals surface area (Å²) >= 11 is 6.32. The van der Waals surface area contributed by atoms with E-state index in [0.717, 1.165) is 18.4 Å². The van der Waals surface area contributed by atoms with Crippen LogP contribution in [0.15, 0.2) is 24.4 Å². The second-order valence-corrected chi connectivity index (χ2v) is 6.28. The number of carbonyl (C=O) groups excluding carboxylic acids is 1. The van der Waals surface area contributed by atoms with Crippen molar-refractivity contribution in [1.29, 1.82) is 5.26 Å². The van der Waals surface area contributed by atoms with E-state index in [4.69, 9.17) is 26.3 Å².